The molecule has 9 nitrogen and oxygen atoms in total. The van der Waals surface area contributed by atoms with Crippen molar-refractivity contribution in [2.24, 2.45) is 0 Å². The van der Waals surface area contributed by atoms with Crippen molar-refractivity contribution in [3.05, 3.63) is 95.6 Å². The number of amides is 2. The minimum atomic E-state index is -1.13. The van der Waals surface area contributed by atoms with Gasteiger partial charge in [0.2, 0.25) is 5.91 Å². The number of carboxylic acid groups (broad SMARTS) is 1. The van der Waals surface area contributed by atoms with E-state index in [0.717, 1.165) is 27.8 Å². The highest BCUT2D eigenvalue weighted by Crippen LogP contribution is 2.44. The molecule has 0 aromatic heterocycles. The summed E-state index contributed by atoms with van der Waals surface area (Å²) in [5.74, 6) is -1.74. The highest BCUT2D eigenvalue weighted by atomic mass is 16.5. The maximum absolute atomic E-state index is 13.3. The van der Waals surface area contributed by atoms with Crippen LogP contribution in [-0.4, -0.2) is 73.0 Å². The second-order valence-electron chi connectivity index (χ2n) is 10.2. The zero-order chi connectivity index (χ0) is 28.1. The number of carbonyl (C=O) groups excluding carboxylic acids is 2. The molecule has 1 fully saturated rings. The molecule has 3 unspecified atom stereocenters. The van der Waals surface area contributed by atoms with Crippen molar-refractivity contribution >= 4 is 18.0 Å². The van der Waals surface area contributed by atoms with Crippen LogP contribution in [-0.2, 0) is 25.6 Å². The van der Waals surface area contributed by atoms with Gasteiger partial charge in [-0.25, -0.2) is 9.59 Å². The third-order valence-electron chi connectivity index (χ3n) is 7.40. The molecule has 3 aromatic rings. The monoisotopic (exact) mass is 543 g/mol. The van der Waals surface area contributed by atoms with Gasteiger partial charge < -0.3 is 25.2 Å². The van der Waals surface area contributed by atoms with Crippen LogP contribution < -0.4 is 10.6 Å². The average Bonchev–Trinajstić information content (AvgIpc) is 3.54. The highest BCUT2D eigenvalue weighted by molar-refractivity contribution is 5.87. The van der Waals surface area contributed by atoms with Gasteiger partial charge in [0, 0.05) is 25.6 Å². The van der Waals surface area contributed by atoms with Gasteiger partial charge in [-0.3, -0.25) is 9.69 Å². The average molecular weight is 544 g/mol. The van der Waals surface area contributed by atoms with Gasteiger partial charge in [-0.15, -0.1) is 0 Å². The molecular weight excluding hydrogens is 510 g/mol. The predicted molar refractivity (Wildman–Crippen MR) is 149 cm³/mol. The van der Waals surface area contributed by atoms with E-state index in [1.54, 1.807) is 0 Å². The van der Waals surface area contributed by atoms with E-state index in [2.05, 4.69) is 22.8 Å². The van der Waals surface area contributed by atoms with Gasteiger partial charge in [0.05, 0.1) is 6.04 Å². The smallest absolute Gasteiger partial charge is 0.407 e. The van der Waals surface area contributed by atoms with E-state index in [-0.39, 0.29) is 25.7 Å². The highest BCUT2D eigenvalue weighted by Gasteiger charge is 2.37. The zero-order valence-corrected chi connectivity index (χ0v) is 22.3. The molecule has 0 radical (unpaired) electrons. The Morgan fingerprint density at radius 3 is 2.25 bits per heavy atom. The van der Waals surface area contributed by atoms with Crippen LogP contribution >= 0.6 is 0 Å². The molecule has 1 heterocycles. The van der Waals surface area contributed by atoms with E-state index < -0.39 is 36.2 Å². The Hall–Kier alpha value is -4.21. The number of aliphatic carboxylic acids is 1. The van der Waals surface area contributed by atoms with Gasteiger partial charge >= 0.3 is 12.1 Å². The van der Waals surface area contributed by atoms with Crippen LogP contribution in [0.1, 0.15) is 29.0 Å². The molecule has 9 heteroatoms. The number of rotatable bonds is 10. The number of fused-ring (bicyclic) bond motifs is 3. The number of likely N-dealkylation sites (N-methyl/N-ethyl adjacent to an activating group) is 1. The summed E-state index contributed by atoms with van der Waals surface area (Å²) in [6, 6.07) is 24.3. The molecule has 3 aromatic carbocycles. The van der Waals surface area contributed by atoms with Gasteiger partial charge in [0.25, 0.3) is 0 Å². The summed E-state index contributed by atoms with van der Waals surface area (Å²) in [7, 11) is 1.85. The number of carboxylic acids is 1. The topological polar surface area (TPSA) is 117 Å². The van der Waals surface area contributed by atoms with E-state index in [1.165, 1.54) is 0 Å². The maximum Gasteiger partial charge on any atom is 0.407 e. The van der Waals surface area contributed by atoms with Crippen molar-refractivity contribution < 1.29 is 29.0 Å². The first-order chi connectivity index (χ1) is 19.4. The van der Waals surface area contributed by atoms with Crippen molar-refractivity contribution in [1.82, 2.24) is 15.5 Å². The number of hydrogen-bond donors (Lipinski definition) is 3. The normalized spacial score (nSPS) is 18.6. The third kappa shape index (κ3) is 6.16. The number of alkyl carbamates (subject to hydrolysis) is 1. The molecule has 40 heavy (non-hydrogen) atoms. The Kier molecular flexibility index (Phi) is 8.42. The Morgan fingerprint density at radius 1 is 0.975 bits per heavy atom. The van der Waals surface area contributed by atoms with Crippen molar-refractivity contribution in [2.75, 3.05) is 26.8 Å². The van der Waals surface area contributed by atoms with E-state index in [4.69, 9.17) is 9.47 Å². The summed E-state index contributed by atoms with van der Waals surface area (Å²) < 4.78 is 10.9. The maximum atomic E-state index is 13.3. The number of hydrogen-bond acceptors (Lipinski definition) is 6. The van der Waals surface area contributed by atoms with E-state index in [0.29, 0.717) is 13.0 Å². The fraction of sp³-hybridized carbons (Fsp3) is 0.323. The third-order valence-corrected chi connectivity index (χ3v) is 7.40. The Morgan fingerprint density at radius 2 is 1.60 bits per heavy atom. The Balaban J connectivity index is 1.26. The SMILES string of the molecule is CN(Cc1ccccc1)CC(NC(=O)OCC1c2ccccc2-c2ccccc21)C(=O)NC1CCOC1C(=O)O. The lowest BCUT2D eigenvalue weighted by molar-refractivity contribution is -0.148. The first-order valence-electron chi connectivity index (χ1n) is 13.4. The van der Waals surface area contributed by atoms with Crippen LogP contribution in [0.25, 0.3) is 11.1 Å². The van der Waals surface area contributed by atoms with Crippen LogP contribution in [0.3, 0.4) is 0 Å². The predicted octanol–water partition coefficient (Wildman–Crippen LogP) is 3.38. The molecule has 3 atom stereocenters. The van der Waals surface area contributed by atoms with Crippen LogP contribution in [0.2, 0.25) is 0 Å². The van der Waals surface area contributed by atoms with Gasteiger partial charge in [0.1, 0.15) is 12.6 Å². The summed E-state index contributed by atoms with van der Waals surface area (Å²) in [5, 5.41) is 14.9. The first-order valence-corrected chi connectivity index (χ1v) is 13.4. The summed E-state index contributed by atoms with van der Waals surface area (Å²) in [6.45, 7) is 1.10. The molecule has 1 aliphatic heterocycles. The fourth-order valence-corrected chi connectivity index (χ4v) is 5.51. The van der Waals surface area contributed by atoms with Gasteiger partial charge in [-0.1, -0.05) is 78.9 Å². The lowest BCUT2D eigenvalue weighted by Gasteiger charge is -2.26. The second kappa shape index (κ2) is 12.3. The molecule has 2 aliphatic rings. The van der Waals surface area contributed by atoms with Gasteiger partial charge in [-0.05, 0) is 41.3 Å². The fourth-order valence-electron chi connectivity index (χ4n) is 5.51. The Bertz CT molecular complexity index is 1320. The lowest BCUT2D eigenvalue weighted by Crippen LogP contribution is -2.56. The van der Waals surface area contributed by atoms with Crippen molar-refractivity contribution in [1.29, 1.82) is 0 Å². The molecule has 208 valence electrons. The summed E-state index contributed by atoms with van der Waals surface area (Å²) in [5.41, 5.74) is 5.49. The van der Waals surface area contributed by atoms with Crippen LogP contribution in [0.15, 0.2) is 78.9 Å². The standard InChI is InChI=1S/C31H33N3O6/c1-34(17-20-9-3-2-4-10-20)18-27(29(35)32-26-15-16-39-28(26)30(36)37)33-31(38)40-19-25-23-13-7-5-11-21(23)22-12-6-8-14-24(22)25/h2-14,25-28H,15-19H2,1H3,(H,32,35)(H,33,38)(H,36,37). The van der Waals surface area contributed by atoms with Gasteiger partial charge in [0.15, 0.2) is 6.10 Å². The molecule has 3 N–H and O–H groups in total. The lowest BCUT2D eigenvalue weighted by atomic mass is 9.98. The molecule has 1 aliphatic carbocycles. The number of nitrogens with zero attached hydrogens (tertiary/aromatic N) is 1. The van der Waals surface area contributed by atoms with E-state index >= 15 is 0 Å². The van der Waals surface area contributed by atoms with Crippen molar-refractivity contribution in [3.8, 4) is 11.1 Å². The quantitative estimate of drug-likeness (QED) is 0.359. The number of benzene rings is 3. The van der Waals surface area contributed by atoms with Crippen LogP contribution in [0.4, 0.5) is 4.79 Å². The minimum absolute atomic E-state index is 0.113. The van der Waals surface area contributed by atoms with Gasteiger partial charge in [-0.2, -0.15) is 0 Å². The summed E-state index contributed by atoms with van der Waals surface area (Å²) in [4.78, 5) is 39.8. The van der Waals surface area contributed by atoms with E-state index in [9.17, 15) is 19.5 Å². The largest absolute Gasteiger partial charge is 0.479 e. The number of nitrogens with one attached hydrogen (secondary N) is 2. The van der Waals surface area contributed by atoms with Crippen LogP contribution in [0.5, 0.6) is 0 Å². The first kappa shape index (κ1) is 27.4. The summed E-state index contributed by atoms with van der Waals surface area (Å²) in [6.07, 6.45) is -1.46. The van der Waals surface area contributed by atoms with Crippen molar-refractivity contribution in [2.45, 2.75) is 37.1 Å². The molecular formula is C31H33N3O6. The zero-order valence-electron chi connectivity index (χ0n) is 22.3. The van der Waals surface area contributed by atoms with Crippen molar-refractivity contribution in [3.63, 3.8) is 0 Å². The molecule has 0 bridgehead atoms. The number of carbonyl (C=O) groups is 3. The minimum Gasteiger partial charge on any atom is -0.479 e. The molecule has 0 spiro atoms. The Labute approximate surface area is 233 Å². The number of ether oxygens (including phenoxy) is 2. The second-order valence-corrected chi connectivity index (χ2v) is 10.2. The molecule has 1 saturated heterocycles. The van der Waals surface area contributed by atoms with E-state index in [1.807, 2.05) is 78.7 Å². The molecule has 0 saturated carbocycles. The molecule has 5 rings (SSSR count). The molecule has 2 amide bonds. The van der Waals surface area contributed by atoms with Crippen LogP contribution in [0, 0.1) is 0 Å². The summed E-state index contributed by atoms with van der Waals surface area (Å²) >= 11 is 0.